The molecule has 0 aliphatic carbocycles. The number of rotatable bonds is 6. The molecular weight excluding hydrogens is 358 g/mol. The smallest absolute Gasteiger partial charge is 0.318 e. The first-order valence-electron chi connectivity index (χ1n) is 7.15. The largest absolute Gasteiger partial charge is 0.495 e. The Morgan fingerprint density at radius 3 is 2.58 bits per heavy atom. The molecule has 134 valence electrons. The minimum absolute atomic E-state index is 0.0724. The highest BCUT2D eigenvalue weighted by molar-refractivity contribution is 7.92. The van der Waals surface area contributed by atoms with Gasteiger partial charge in [-0.25, -0.2) is 16.8 Å². The fraction of sp³-hybridized carbons (Fsp3) is 0.500. The molecule has 2 rings (SSSR count). The van der Waals surface area contributed by atoms with Gasteiger partial charge in [0.25, 0.3) is 0 Å². The van der Waals surface area contributed by atoms with Gasteiger partial charge in [-0.3, -0.25) is 4.79 Å². The number of carbonyl (C=O) groups is 1. The van der Waals surface area contributed by atoms with Gasteiger partial charge in [0.1, 0.15) is 17.2 Å². The molecule has 1 aromatic carbocycles. The first-order valence-corrected chi connectivity index (χ1v) is 10.4. The number of nitrogens with zero attached hydrogens (tertiary/aromatic N) is 1. The van der Waals surface area contributed by atoms with E-state index in [2.05, 4.69) is 0 Å². The van der Waals surface area contributed by atoms with Gasteiger partial charge in [0.05, 0.1) is 18.6 Å². The van der Waals surface area contributed by atoms with Gasteiger partial charge in [0, 0.05) is 6.04 Å². The Labute approximate surface area is 141 Å². The van der Waals surface area contributed by atoms with Gasteiger partial charge in [-0.15, -0.1) is 0 Å². The van der Waals surface area contributed by atoms with Crippen LogP contribution in [0.25, 0.3) is 0 Å². The van der Waals surface area contributed by atoms with Crippen molar-refractivity contribution in [1.29, 1.82) is 0 Å². The molecule has 0 radical (unpaired) electrons. The van der Waals surface area contributed by atoms with Crippen LogP contribution < -0.4 is 4.74 Å². The molecular formula is C14H19NO7S2. The molecule has 0 unspecified atom stereocenters. The number of aryl methyl sites for hydroxylation is 1. The molecule has 10 heteroatoms. The number of sulfone groups is 1. The molecule has 0 bridgehead atoms. The number of carboxylic acid groups (broad SMARTS) is 1. The van der Waals surface area contributed by atoms with Crippen LogP contribution in [0, 0.1) is 6.92 Å². The summed E-state index contributed by atoms with van der Waals surface area (Å²) in [5, 5.41) is 9.08. The predicted molar refractivity (Wildman–Crippen MR) is 86.3 cm³/mol. The number of hydrogen-bond donors (Lipinski definition) is 1. The molecule has 1 atom stereocenters. The second kappa shape index (κ2) is 6.69. The van der Waals surface area contributed by atoms with Gasteiger partial charge in [-0.05, 0) is 31.0 Å². The normalized spacial score (nSPS) is 20.2. The van der Waals surface area contributed by atoms with E-state index in [-0.39, 0.29) is 28.6 Å². The number of ether oxygens (including phenoxy) is 1. The fourth-order valence-corrected chi connectivity index (χ4v) is 6.33. The van der Waals surface area contributed by atoms with Crippen molar-refractivity contribution in [3.63, 3.8) is 0 Å². The lowest BCUT2D eigenvalue weighted by Gasteiger charge is -2.26. The summed E-state index contributed by atoms with van der Waals surface area (Å²) in [5.41, 5.74) is 0.656. The Balaban J connectivity index is 2.52. The second-order valence-corrected chi connectivity index (χ2v) is 9.74. The van der Waals surface area contributed by atoms with Crippen LogP contribution in [-0.2, 0) is 24.7 Å². The summed E-state index contributed by atoms with van der Waals surface area (Å²) >= 11 is 0. The van der Waals surface area contributed by atoms with Crippen molar-refractivity contribution >= 4 is 25.8 Å². The maximum atomic E-state index is 13.0. The van der Waals surface area contributed by atoms with Crippen LogP contribution in [-0.4, -0.2) is 63.4 Å². The molecule has 1 saturated heterocycles. The molecule has 24 heavy (non-hydrogen) atoms. The highest BCUT2D eigenvalue weighted by Crippen LogP contribution is 2.31. The van der Waals surface area contributed by atoms with E-state index in [1.165, 1.54) is 19.2 Å². The monoisotopic (exact) mass is 377 g/mol. The van der Waals surface area contributed by atoms with Crippen molar-refractivity contribution in [2.24, 2.45) is 0 Å². The number of hydrogen-bond acceptors (Lipinski definition) is 6. The average molecular weight is 377 g/mol. The van der Waals surface area contributed by atoms with Crippen molar-refractivity contribution in [3.8, 4) is 5.75 Å². The van der Waals surface area contributed by atoms with Crippen molar-refractivity contribution in [2.45, 2.75) is 24.3 Å². The zero-order chi connectivity index (χ0) is 18.1. The number of sulfonamides is 1. The van der Waals surface area contributed by atoms with E-state index in [0.29, 0.717) is 5.56 Å². The lowest BCUT2D eigenvalue weighted by molar-refractivity contribution is -0.137. The van der Waals surface area contributed by atoms with E-state index in [9.17, 15) is 21.6 Å². The minimum atomic E-state index is -4.23. The summed E-state index contributed by atoms with van der Waals surface area (Å²) in [7, 11) is -6.29. The highest BCUT2D eigenvalue weighted by Gasteiger charge is 2.40. The molecule has 8 nitrogen and oxygen atoms in total. The molecule has 0 spiro atoms. The SMILES string of the molecule is COc1ccc(C)cc1S(=O)(=O)N(CC(=O)O)[C@H]1CCS(=O)(=O)C1. The Morgan fingerprint density at radius 1 is 1.42 bits per heavy atom. The summed E-state index contributed by atoms with van der Waals surface area (Å²) in [6.45, 7) is 0.889. The second-order valence-electron chi connectivity index (χ2n) is 5.66. The molecule has 1 aliphatic heterocycles. The zero-order valence-corrected chi connectivity index (χ0v) is 14.9. The summed E-state index contributed by atoms with van der Waals surface area (Å²) in [6.07, 6.45) is 0.0724. The van der Waals surface area contributed by atoms with Crippen LogP contribution in [0.4, 0.5) is 0 Å². The van der Waals surface area contributed by atoms with Gasteiger partial charge in [0.2, 0.25) is 10.0 Å². The molecule has 1 N–H and O–H groups in total. The fourth-order valence-electron chi connectivity index (χ4n) is 2.66. The molecule has 0 aromatic heterocycles. The van der Waals surface area contributed by atoms with Crippen LogP contribution in [0.3, 0.4) is 0 Å². The summed E-state index contributed by atoms with van der Waals surface area (Å²) in [6, 6.07) is 3.62. The van der Waals surface area contributed by atoms with Crippen LogP contribution >= 0.6 is 0 Å². The molecule has 1 heterocycles. The third-order valence-corrected chi connectivity index (χ3v) is 7.48. The van der Waals surface area contributed by atoms with E-state index in [4.69, 9.17) is 9.84 Å². The average Bonchev–Trinajstić information content (AvgIpc) is 2.84. The molecule has 0 amide bonds. The van der Waals surface area contributed by atoms with E-state index in [1.807, 2.05) is 0 Å². The third-order valence-electron chi connectivity index (χ3n) is 3.81. The third kappa shape index (κ3) is 3.87. The van der Waals surface area contributed by atoms with Gasteiger partial charge in [-0.2, -0.15) is 4.31 Å². The van der Waals surface area contributed by atoms with Crippen molar-refractivity contribution in [3.05, 3.63) is 23.8 Å². The van der Waals surface area contributed by atoms with Crippen molar-refractivity contribution in [1.82, 2.24) is 4.31 Å². The summed E-state index contributed by atoms with van der Waals surface area (Å²) in [4.78, 5) is 11.0. The van der Waals surface area contributed by atoms with Crippen molar-refractivity contribution in [2.75, 3.05) is 25.2 Å². The number of aliphatic carboxylic acids is 1. The first-order chi connectivity index (χ1) is 11.1. The number of methoxy groups -OCH3 is 1. The Bertz CT molecular complexity index is 846. The highest BCUT2D eigenvalue weighted by atomic mass is 32.2. The molecule has 0 saturated carbocycles. The Morgan fingerprint density at radius 2 is 2.08 bits per heavy atom. The van der Waals surface area contributed by atoms with Crippen molar-refractivity contribution < 1.29 is 31.5 Å². The Kier molecular flexibility index (Phi) is 5.21. The predicted octanol–water partition coefficient (Wildman–Crippen LogP) is 0.266. The van der Waals surface area contributed by atoms with E-state index in [1.54, 1.807) is 13.0 Å². The van der Waals surface area contributed by atoms with Crippen LogP contribution in [0.1, 0.15) is 12.0 Å². The van der Waals surface area contributed by atoms with E-state index in [0.717, 1.165) is 4.31 Å². The lowest BCUT2D eigenvalue weighted by Crippen LogP contribution is -2.44. The lowest BCUT2D eigenvalue weighted by atomic mass is 10.2. The van der Waals surface area contributed by atoms with Crippen LogP contribution in [0.15, 0.2) is 23.1 Å². The topological polar surface area (TPSA) is 118 Å². The van der Waals surface area contributed by atoms with Gasteiger partial charge >= 0.3 is 5.97 Å². The maximum absolute atomic E-state index is 13.0. The van der Waals surface area contributed by atoms with Crippen LogP contribution in [0.2, 0.25) is 0 Å². The van der Waals surface area contributed by atoms with Gasteiger partial charge in [0.15, 0.2) is 9.84 Å². The molecule has 1 fully saturated rings. The van der Waals surface area contributed by atoms with E-state index >= 15 is 0 Å². The molecule has 1 aromatic rings. The van der Waals surface area contributed by atoms with Gasteiger partial charge in [-0.1, -0.05) is 6.07 Å². The minimum Gasteiger partial charge on any atom is -0.495 e. The number of benzene rings is 1. The maximum Gasteiger partial charge on any atom is 0.318 e. The summed E-state index contributed by atoms with van der Waals surface area (Å²) < 4.78 is 55.1. The quantitative estimate of drug-likeness (QED) is 0.756. The zero-order valence-electron chi connectivity index (χ0n) is 13.3. The first kappa shape index (κ1) is 18.7. The number of carboxylic acids is 1. The van der Waals surface area contributed by atoms with Crippen LogP contribution in [0.5, 0.6) is 5.75 Å². The standard InChI is InChI=1S/C14H19NO7S2/c1-10-3-4-12(22-2)13(7-10)24(20,21)15(8-14(16)17)11-5-6-23(18,19)9-11/h3-4,7,11H,5-6,8-9H2,1-2H3,(H,16,17)/t11-/m0/s1. The van der Waals surface area contributed by atoms with Gasteiger partial charge < -0.3 is 9.84 Å². The van der Waals surface area contributed by atoms with E-state index < -0.39 is 38.4 Å². The molecule has 1 aliphatic rings. The Hall–Kier alpha value is -1.65. The summed E-state index contributed by atoms with van der Waals surface area (Å²) in [5.74, 6) is -1.81.